The lowest BCUT2D eigenvalue weighted by Gasteiger charge is -2.31. The number of carbonyl (C=O) groups is 1. The molecule has 0 radical (unpaired) electrons. The van der Waals surface area contributed by atoms with Crippen LogP contribution < -0.4 is 9.64 Å². The number of anilines is 1. The van der Waals surface area contributed by atoms with Crippen LogP contribution in [0.25, 0.3) is 0 Å². The summed E-state index contributed by atoms with van der Waals surface area (Å²) in [5.74, 6) is 1.87. The molecule has 7 heteroatoms. The minimum atomic E-state index is -1.57. The largest absolute Gasteiger partial charge is 0.493 e. The maximum absolute atomic E-state index is 13.1. The predicted octanol–water partition coefficient (Wildman–Crippen LogP) is 4.77. The molecule has 1 rings (SSSR count). The van der Waals surface area contributed by atoms with Gasteiger partial charge in [0.05, 0.1) is 31.1 Å². The standard InChI is InChI=1S/C22H38BrNO4S/c1-4-7-11-24(12-8-5-2)19-9-10-20(22(17-19)28-6-3)21(27)18-29(23,15-13-25)16-14-26/h9-10,17,25-26H,4-8,11-16,18H2,1-3H3. The Hall–Kier alpha value is -0.760. The fourth-order valence-corrected chi connectivity index (χ4v) is 6.43. The zero-order valence-electron chi connectivity index (χ0n) is 18.2. The molecule has 0 fully saturated rings. The zero-order chi connectivity index (χ0) is 21.7. The van der Waals surface area contributed by atoms with E-state index in [4.69, 9.17) is 4.74 Å². The number of rotatable bonds is 16. The van der Waals surface area contributed by atoms with Crippen molar-refractivity contribution in [3.05, 3.63) is 23.8 Å². The number of hydrogen-bond donors (Lipinski definition) is 2. The molecule has 2 N–H and O–H groups in total. The maximum Gasteiger partial charge on any atom is 0.175 e. The molecule has 0 aliphatic rings. The average Bonchev–Trinajstić information content (AvgIpc) is 2.68. The van der Waals surface area contributed by atoms with Crippen LogP contribution in [0.1, 0.15) is 56.8 Å². The first-order chi connectivity index (χ1) is 13.9. The number of aliphatic hydroxyl groups is 2. The Balaban J connectivity index is 3.12. The van der Waals surface area contributed by atoms with Crippen molar-refractivity contribution in [2.24, 2.45) is 0 Å². The van der Waals surface area contributed by atoms with Crippen LogP contribution in [0.2, 0.25) is 0 Å². The molecule has 5 nitrogen and oxygen atoms in total. The first kappa shape index (κ1) is 26.3. The number of halogens is 1. The molecule has 29 heavy (non-hydrogen) atoms. The Kier molecular flexibility index (Phi) is 12.9. The van der Waals surface area contributed by atoms with Crippen LogP contribution in [0.4, 0.5) is 5.69 Å². The van der Waals surface area contributed by atoms with E-state index in [1.807, 2.05) is 25.1 Å². The third-order valence-corrected chi connectivity index (χ3v) is 10.0. The molecule has 1 aromatic carbocycles. The number of Topliss-reactive ketones (excluding diaryl/α,β-unsaturated/α-hetero) is 1. The van der Waals surface area contributed by atoms with Gasteiger partial charge in [-0.2, -0.15) is 8.46 Å². The molecule has 0 aliphatic carbocycles. The molecule has 0 aromatic heterocycles. The molecule has 0 saturated heterocycles. The number of ketones is 1. The second-order valence-electron chi connectivity index (χ2n) is 7.17. The molecule has 0 bridgehead atoms. The van der Waals surface area contributed by atoms with Crippen molar-refractivity contribution in [3.63, 3.8) is 0 Å². The van der Waals surface area contributed by atoms with Crippen molar-refractivity contribution >= 4 is 34.7 Å². The molecule has 0 spiro atoms. The van der Waals surface area contributed by atoms with Gasteiger partial charge in [0.25, 0.3) is 0 Å². The van der Waals surface area contributed by atoms with Gasteiger partial charge in [-0.25, -0.2) is 0 Å². The van der Waals surface area contributed by atoms with E-state index in [0.717, 1.165) is 44.5 Å². The van der Waals surface area contributed by atoms with Crippen molar-refractivity contribution in [2.45, 2.75) is 46.5 Å². The molecule has 0 unspecified atom stereocenters. The van der Waals surface area contributed by atoms with Gasteiger partial charge in [0, 0.05) is 36.3 Å². The fraction of sp³-hybridized carbons (Fsp3) is 0.682. The summed E-state index contributed by atoms with van der Waals surface area (Å²) in [4.78, 5) is 15.4. The van der Waals surface area contributed by atoms with Crippen molar-refractivity contribution in [1.29, 1.82) is 0 Å². The van der Waals surface area contributed by atoms with Gasteiger partial charge in [0.1, 0.15) is 5.75 Å². The van der Waals surface area contributed by atoms with E-state index in [0.29, 0.717) is 29.4 Å². The van der Waals surface area contributed by atoms with E-state index in [-0.39, 0.29) is 24.7 Å². The maximum atomic E-state index is 13.1. The Morgan fingerprint density at radius 3 is 2.14 bits per heavy atom. The highest BCUT2D eigenvalue weighted by Gasteiger charge is 2.26. The van der Waals surface area contributed by atoms with Gasteiger partial charge in [-0.3, -0.25) is 4.79 Å². The average molecular weight is 493 g/mol. The third kappa shape index (κ3) is 8.87. The van der Waals surface area contributed by atoms with Crippen molar-refractivity contribution < 1.29 is 19.7 Å². The summed E-state index contributed by atoms with van der Waals surface area (Å²) < 4.78 is 5.84. The summed E-state index contributed by atoms with van der Waals surface area (Å²) in [5, 5.41) is 18.7. The second kappa shape index (κ2) is 14.3. The summed E-state index contributed by atoms with van der Waals surface area (Å²) in [7, 11) is -1.57. The normalized spacial score (nSPS) is 12.1. The topological polar surface area (TPSA) is 70.0 Å². The molecule has 1 aromatic rings. The van der Waals surface area contributed by atoms with Crippen molar-refractivity contribution in [3.8, 4) is 5.75 Å². The van der Waals surface area contributed by atoms with Crippen LogP contribution in [0.15, 0.2) is 18.2 Å². The third-order valence-electron chi connectivity index (χ3n) is 4.80. The van der Waals surface area contributed by atoms with Gasteiger partial charge in [0.15, 0.2) is 5.78 Å². The van der Waals surface area contributed by atoms with Gasteiger partial charge >= 0.3 is 0 Å². The minimum Gasteiger partial charge on any atom is -0.493 e. The number of nitrogens with zero attached hydrogens (tertiary/aromatic N) is 1. The summed E-state index contributed by atoms with van der Waals surface area (Å²) in [6.45, 7) is 8.79. The Labute approximate surface area is 185 Å². The SMILES string of the molecule is CCCCN(CCCC)c1ccc(C(=O)CS(Br)(CCO)CCO)c(OCC)c1. The molecular formula is C22H38BrNO4S. The highest BCUT2D eigenvalue weighted by atomic mass is 79.9. The number of benzene rings is 1. The highest BCUT2D eigenvalue weighted by molar-refractivity contribution is 9.58. The monoisotopic (exact) mass is 491 g/mol. The summed E-state index contributed by atoms with van der Waals surface area (Å²) in [5.41, 5.74) is 1.67. The van der Waals surface area contributed by atoms with E-state index < -0.39 is 8.46 Å². The molecule has 0 saturated carbocycles. The smallest absolute Gasteiger partial charge is 0.175 e. The number of unbranched alkanes of at least 4 members (excludes halogenated alkanes) is 2. The van der Waals surface area contributed by atoms with Crippen LogP contribution in [-0.2, 0) is 0 Å². The lowest BCUT2D eigenvalue weighted by molar-refractivity contribution is 0.101. The Bertz CT molecular complexity index is 600. The van der Waals surface area contributed by atoms with Gasteiger partial charge in [-0.05, 0) is 46.7 Å². The molecule has 0 aliphatic heterocycles. The zero-order valence-corrected chi connectivity index (χ0v) is 20.6. The molecule has 168 valence electrons. The lowest BCUT2D eigenvalue weighted by atomic mass is 10.1. The van der Waals surface area contributed by atoms with Crippen LogP contribution in [0.5, 0.6) is 5.75 Å². The number of carbonyl (C=O) groups excluding carboxylic acids is 1. The predicted molar refractivity (Wildman–Crippen MR) is 129 cm³/mol. The Morgan fingerprint density at radius 1 is 1.07 bits per heavy atom. The number of aliphatic hydroxyl groups excluding tert-OH is 2. The second-order valence-corrected chi connectivity index (χ2v) is 14.3. The molecular weight excluding hydrogens is 454 g/mol. The first-order valence-electron chi connectivity index (χ1n) is 10.7. The van der Waals surface area contributed by atoms with Crippen LogP contribution in [0, 0.1) is 0 Å². The summed E-state index contributed by atoms with van der Waals surface area (Å²) >= 11 is 3.66. The summed E-state index contributed by atoms with van der Waals surface area (Å²) in [6, 6.07) is 5.88. The van der Waals surface area contributed by atoms with Gasteiger partial charge < -0.3 is 19.8 Å². The van der Waals surface area contributed by atoms with Gasteiger partial charge in [-0.1, -0.05) is 26.7 Å². The lowest BCUT2D eigenvalue weighted by Crippen LogP contribution is -2.26. The van der Waals surface area contributed by atoms with E-state index >= 15 is 0 Å². The van der Waals surface area contributed by atoms with E-state index in [1.165, 1.54) is 0 Å². The van der Waals surface area contributed by atoms with Crippen LogP contribution >= 0.6 is 23.3 Å². The molecule has 0 atom stereocenters. The molecule has 0 heterocycles. The highest BCUT2D eigenvalue weighted by Crippen LogP contribution is 2.55. The summed E-state index contributed by atoms with van der Waals surface area (Å²) in [6.07, 6.45) is 4.55. The Morgan fingerprint density at radius 2 is 1.66 bits per heavy atom. The van der Waals surface area contributed by atoms with Gasteiger partial charge in [0.2, 0.25) is 0 Å². The van der Waals surface area contributed by atoms with Crippen molar-refractivity contribution in [2.75, 3.05) is 55.1 Å². The van der Waals surface area contributed by atoms with Crippen LogP contribution in [0.3, 0.4) is 0 Å². The van der Waals surface area contributed by atoms with Crippen LogP contribution in [-0.4, -0.2) is 66.2 Å². The fourth-order valence-electron chi connectivity index (χ4n) is 3.17. The van der Waals surface area contributed by atoms with Gasteiger partial charge in [-0.15, -0.1) is 0 Å². The molecule has 0 amide bonds. The minimum absolute atomic E-state index is 0.00502. The number of hydrogen-bond acceptors (Lipinski definition) is 5. The quantitative estimate of drug-likeness (QED) is 0.325. The van der Waals surface area contributed by atoms with E-state index in [2.05, 4.69) is 33.6 Å². The first-order valence-corrected chi connectivity index (χ1v) is 14.7. The van der Waals surface area contributed by atoms with E-state index in [1.54, 1.807) is 0 Å². The van der Waals surface area contributed by atoms with Crippen molar-refractivity contribution in [1.82, 2.24) is 0 Å². The number of ether oxygens (including phenoxy) is 1. The van der Waals surface area contributed by atoms with E-state index in [9.17, 15) is 15.0 Å².